The molecule has 38 heavy (non-hydrogen) atoms. The lowest BCUT2D eigenvalue weighted by Gasteiger charge is -2.39. The Morgan fingerprint density at radius 3 is 2.68 bits per heavy atom. The molecule has 1 saturated heterocycles. The van der Waals surface area contributed by atoms with Gasteiger partial charge in [0.25, 0.3) is 5.56 Å². The van der Waals surface area contributed by atoms with Gasteiger partial charge in [-0.2, -0.15) is 4.98 Å². The predicted molar refractivity (Wildman–Crippen MR) is 152 cm³/mol. The zero-order valence-electron chi connectivity index (χ0n) is 22.3. The number of fused-ring (bicyclic) bond motifs is 2. The molecule has 1 fully saturated rings. The number of likely N-dealkylation sites (N-methyl/N-ethyl adjacent to an activating group) is 1. The van der Waals surface area contributed by atoms with Gasteiger partial charge in [-0.3, -0.25) is 4.79 Å². The highest BCUT2D eigenvalue weighted by Crippen LogP contribution is 2.32. The number of piperazine rings is 1. The monoisotopic (exact) mass is 510 g/mol. The molecule has 1 aromatic carbocycles. The summed E-state index contributed by atoms with van der Waals surface area (Å²) >= 11 is 0. The molecule has 1 N–H and O–H groups in total. The Morgan fingerprint density at radius 1 is 1.11 bits per heavy atom. The van der Waals surface area contributed by atoms with Gasteiger partial charge >= 0.3 is 0 Å². The quantitative estimate of drug-likeness (QED) is 0.391. The van der Waals surface area contributed by atoms with Gasteiger partial charge in [-0.25, -0.2) is 19.3 Å². The predicted octanol–water partition coefficient (Wildman–Crippen LogP) is 4.10. The van der Waals surface area contributed by atoms with Crippen molar-refractivity contribution in [1.82, 2.24) is 29.2 Å². The Bertz CT molecular complexity index is 1550. The first-order chi connectivity index (χ1) is 18.4. The summed E-state index contributed by atoms with van der Waals surface area (Å²) < 4.78 is 3.42. The molecule has 1 aliphatic heterocycles. The molecule has 0 amide bonds. The minimum absolute atomic E-state index is 0.160. The normalized spacial score (nSPS) is 19.6. The largest absolute Gasteiger partial charge is 0.369 e. The number of nitrogens with one attached hydrogen (secondary N) is 1. The second kappa shape index (κ2) is 9.72. The van der Waals surface area contributed by atoms with Crippen LogP contribution in [0.3, 0.4) is 0 Å². The lowest BCUT2D eigenvalue weighted by Crippen LogP contribution is -2.50. The van der Waals surface area contributed by atoms with Gasteiger partial charge in [0.1, 0.15) is 5.39 Å². The maximum Gasteiger partial charge on any atom is 0.278 e. The van der Waals surface area contributed by atoms with Crippen LogP contribution < -0.4 is 15.8 Å². The third-order valence-corrected chi connectivity index (χ3v) is 7.95. The van der Waals surface area contributed by atoms with Gasteiger partial charge in [-0.15, -0.1) is 6.58 Å². The zero-order valence-corrected chi connectivity index (χ0v) is 22.3. The molecular formula is C29H34N8O. The number of hydrogen-bond donors (Lipinski definition) is 1. The molecule has 0 radical (unpaired) electrons. The van der Waals surface area contributed by atoms with Gasteiger partial charge in [0.05, 0.1) is 6.54 Å². The Kier molecular flexibility index (Phi) is 6.23. The van der Waals surface area contributed by atoms with E-state index in [0.717, 1.165) is 43.9 Å². The lowest BCUT2D eigenvalue weighted by molar-refractivity contribution is 0.234. The molecule has 9 heteroatoms. The van der Waals surface area contributed by atoms with Crippen LogP contribution in [0.25, 0.3) is 16.9 Å². The summed E-state index contributed by atoms with van der Waals surface area (Å²) in [5.41, 5.74) is 4.84. The fourth-order valence-electron chi connectivity index (χ4n) is 5.53. The van der Waals surface area contributed by atoms with Crippen LogP contribution in [0.5, 0.6) is 0 Å². The lowest BCUT2D eigenvalue weighted by atomic mass is 10.1. The van der Waals surface area contributed by atoms with E-state index in [1.54, 1.807) is 21.6 Å². The molecule has 3 aromatic heterocycles. The average molecular weight is 511 g/mol. The van der Waals surface area contributed by atoms with Crippen molar-refractivity contribution in [2.24, 2.45) is 0 Å². The highest BCUT2D eigenvalue weighted by molar-refractivity contribution is 5.77. The number of benzene rings is 1. The van der Waals surface area contributed by atoms with Gasteiger partial charge in [-0.1, -0.05) is 19.1 Å². The highest BCUT2D eigenvalue weighted by Gasteiger charge is 2.24. The summed E-state index contributed by atoms with van der Waals surface area (Å²) in [5.74, 6) is 1.51. The second-order valence-corrected chi connectivity index (χ2v) is 10.5. The Hall–Kier alpha value is -3.98. The smallest absolute Gasteiger partial charge is 0.278 e. The van der Waals surface area contributed by atoms with Crippen LogP contribution in [-0.4, -0.2) is 61.9 Å². The van der Waals surface area contributed by atoms with E-state index in [2.05, 4.69) is 65.8 Å². The van der Waals surface area contributed by atoms with Gasteiger partial charge in [0.2, 0.25) is 5.95 Å². The first-order valence-electron chi connectivity index (χ1n) is 13.3. The Labute approximate surface area is 222 Å². The number of pyridine rings is 1. The second-order valence-electron chi connectivity index (χ2n) is 10.5. The number of aryl methyl sites for hydroxylation is 1. The van der Waals surface area contributed by atoms with Crippen LogP contribution in [0.2, 0.25) is 0 Å². The fourth-order valence-corrected chi connectivity index (χ4v) is 5.53. The van der Waals surface area contributed by atoms with Crippen molar-refractivity contribution in [1.29, 1.82) is 0 Å². The molecule has 196 valence electrons. The molecule has 9 nitrogen and oxygen atoms in total. The summed E-state index contributed by atoms with van der Waals surface area (Å²) in [4.78, 5) is 32.3. The highest BCUT2D eigenvalue weighted by atomic mass is 16.1. The van der Waals surface area contributed by atoms with Crippen LogP contribution in [-0.2, 0) is 13.0 Å². The summed E-state index contributed by atoms with van der Waals surface area (Å²) in [6, 6.07) is 13.0. The van der Waals surface area contributed by atoms with Crippen molar-refractivity contribution >= 4 is 28.4 Å². The van der Waals surface area contributed by atoms with E-state index in [9.17, 15) is 4.79 Å². The number of anilines is 3. The van der Waals surface area contributed by atoms with Crippen LogP contribution >= 0.6 is 0 Å². The van der Waals surface area contributed by atoms with Crippen LogP contribution in [0, 0.1) is 0 Å². The third-order valence-electron chi connectivity index (χ3n) is 7.95. The molecule has 4 aromatic rings. The molecule has 1 aliphatic carbocycles. The van der Waals surface area contributed by atoms with E-state index in [0.29, 0.717) is 41.3 Å². The minimum atomic E-state index is -0.160. The maximum atomic E-state index is 13.3. The fraction of sp³-hybridized carbons (Fsp3) is 0.379. The molecule has 1 unspecified atom stereocenters. The molecular weight excluding hydrogens is 476 g/mol. The van der Waals surface area contributed by atoms with E-state index in [-0.39, 0.29) is 5.56 Å². The SMILES string of the molecule is C=CCn1c(=O)c2cnc(Nc3ccc(N4CCN(C)[C@@H](C)C4)cc3)nc2n1-c1ccc2c(n1)C(C)CC2. The van der Waals surface area contributed by atoms with Gasteiger partial charge in [0, 0.05) is 48.9 Å². The van der Waals surface area contributed by atoms with Crippen molar-refractivity contribution in [3.8, 4) is 5.82 Å². The van der Waals surface area contributed by atoms with E-state index in [1.807, 2.05) is 18.2 Å². The van der Waals surface area contributed by atoms with Crippen LogP contribution in [0.4, 0.5) is 17.3 Å². The van der Waals surface area contributed by atoms with E-state index in [4.69, 9.17) is 9.97 Å². The van der Waals surface area contributed by atoms with Gasteiger partial charge in [-0.05, 0) is 68.6 Å². The summed E-state index contributed by atoms with van der Waals surface area (Å²) in [7, 11) is 2.18. The summed E-state index contributed by atoms with van der Waals surface area (Å²) in [6.07, 6.45) is 5.44. The number of nitrogens with zero attached hydrogens (tertiary/aromatic N) is 7. The van der Waals surface area contributed by atoms with Gasteiger partial charge in [0.15, 0.2) is 11.5 Å². The van der Waals surface area contributed by atoms with Crippen molar-refractivity contribution in [3.05, 3.63) is 76.9 Å². The summed E-state index contributed by atoms with van der Waals surface area (Å²) in [6.45, 7) is 11.7. The average Bonchev–Trinajstić information content (AvgIpc) is 3.42. The van der Waals surface area contributed by atoms with Gasteiger partial charge < -0.3 is 15.1 Å². The molecule has 0 spiro atoms. The molecule has 0 saturated carbocycles. The zero-order chi connectivity index (χ0) is 26.4. The molecule has 0 bridgehead atoms. The molecule has 2 atom stereocenters. The standard InChI is InChI=1S/C29H34N8O/c1-5-14-36-28(38)24-17-30-29(31-22-9-11-23(12-10-22)35-16-15-34(4)20(3)18-35)33-27(24)37(36)25-13-8-21-7-6-19(2)26(21)32-25/h5,8-13,17,19-20H,1,6-7,14-16,18H2,2-4H3,(H,30,31,33)/t19?,20-/m0/s1. The van der Waals surface area contributed by atoms with E-state index < -0.39 is 0 Å². The van der Waals surface area contributed by atoms with Crippen LogP contribution in [0.15, 0.2) is 60.0 Å². The minimum Gasteiger partial charge on any atom is -0.369 e. The van der Waals surface area contributed by atoms with E-state index >= 15 is 0 Å². The number of rotatable bonds is 6. The van der Waals surface area contributed by atoms with Crippen molar-refractivity contribution in [2.75, 3.05) is 36.9 Å². The molecule has 2 aliphatic rings. The third kappa shape index (κ3) is 4.26. The molecule has 6 rings (SSSR count). The van der Waals surface area contributed by atoms with E-state index in [1.165, 1.54) is 11.3 Å². The first kappa shape index (κ1) is 24.4. The number of hydrogen-bond acceptors (Lipinski definition) is 7. The first-order valence-corrected chi connectivity index (χ1v) is 13.3. The van der Waals surface area contributed by atoms with Crippen LogP contribution in [0.1, 0.15) is 37.4 Å². The maximum absolute atomic E-state index is 13.3. The van der Waals surface area contributed by atoms with Crippen molar-refractivity contribution in [2.45, 2.75) is 45.2 Å². The topological polar surface area (TPSA) is 84.1 Å². The molecule has 4 heterocycles. The Balaban J connectivity index is 1.33. The number of allylic oxidation sites excluding steroid dienone is 1. The van der Waals surface area contributed by atoms with Crippen molar-refractivity contribution < 1.29 is 0 Å². The Morgan fingerprint density at radius 2 is 1.92 bits per heavy atom. The van der Waals surface area contributed by atoms with Crippen molar-refractivity contribution in [3.63, 3.8) is 0 Å². The summed E-state index contributed by atoms with van der Waals surface area (Å²) in [5, 5.41) is 3.77. The number of aromatic nitrogens is 5.